The van der Waals surface area contributed by atoms with Crippen molar-refractivity contribution in [3.8, 4) is 0 Å². The van der Waals surface area contributed by atoms with E-state index in [9.17, 15) is 4.79 Å². The molecule has 3 saturated carbocycles. The summed E-state index contributed by atoms with van der Waals surface area (Å²) in [6.45, 7) is 23.0. The molecule has 3 fully saturated rings. The number of allylic oxidation sites excluding steroid dienone is 1. The van der Waals surface area contributed by atoms with Gasteiger partial charge in [-0.3, -0.25) is 0 Å². The number of carbonyl (C=O) groups excluding carboxylic acids is 1. The lowest BCUT2D eigenvalue weighted by Crippen LogP contribution is -2.51. The van der Waals surface area contributed by atoms with Crippen molar-refractivity contribution in [1.29, 1.82) is 0 Å². The molecule has 0 bridgehead atoms. The van der Waals surface area contributed by atoms with E-state index in [1.807, 2.05) is 0 Å². The highest BCUT2D eigenvalue weighted by atomic mass is 31.2. The Kier molecular flexibility index (Phi) is 19.1. The molecule has 0 radical (unpaired) electrons. The van der Waals surface area contributed by atoms with Gasteiger partial charge < -0.3 is 19.1 Å². The van der Waals surface area contributed by atoms with Gasteiger partial charge in [-0.15, -0.1) is 0 Å². The molecule has 0 spiro atoms. The molecule has 0 aromatic carbocycles. The third-order valence-electron chi connectivity index (χ3n) is 15.0. The lowest BCUT2D eigenvalue weighted by molar-refractivity contribution is -0.0581. The minimum absolute atomic E-state index is 0.0352. The van der Waals surface area contributed by atoms with Crippen molar-refractivity contribution < 1.29 is 18.6 Å². The van der Waals surface area contributed by atoms with E-state index in [1.54, 1.807) is 12.7 Å². The maximum atomic E-state index is 12.8. The first-order valence-corrected chi connectivity index (χ1v) is 24.3. The van der Waals surface area contributed by atoms with Crippen LogP contribution in [0.25, 0.3) is 0 Å². The number of amides is 1. The minimum atomic E-state index is -0.961. The van der Waals surface area contributed by atoms with Crippen molar-refractivity contribution >= 4 is 14.6 Å². The van der Waals surface area contributed by atoms with E-state index >= 15 is 0 Å². The summed E-state index contributed by atoms with van der Waals surface area (Å²) in [6.07, 6.45) is 29.1. The average molecular weight is 775 g/mol. The van der Waals surface area contributed by atoms with Gasteiger partial charge in [-0.2, -0.15) is 0 Å². The Balaban J connectivity index is 1.04. The van der Waals surface area contributed by atoms with Gasteiger partial charge >= 0.3 is 6.09 Å². The number of unbranched alkanes of at least 4 members (excludes halogenated alkanes) is 9. The van der Waals surface area contributed by atoms with Crippen LogP contribution in [0.2, 0.25) is 0 Å². The van der Waals surface area contributed by atoms with Gasteiger partial charge in [0.25, 0.3) is 8.53 Å². The van der Waals surface area contributed by atoms with Crippen molar-refractivity contribution in [2.45, 2.75) is 215 Å². The van der Waals surface area contributed by atoms with E-state index in [4.69, 9.17) is 13.8 Å². The van der Waals surface area contributed by atoms with Gasteiger partial charge in [-0.25, -0.2) is 9.46 Å². The molecule has 1 amide bonds. The quantitative estimate of drug-likeness (QED) is 0.0601. The molecule has 314 valence electrons. The molecule has 0 aliphatic heterocycles. The second-order valence-electron chi connectivity index (χ2n) is 19.8. The van der Waals surface area contributed by atoms with Gasteiger partial charge in [0.1, 0.15) is 6.10 Å². The number of carbonyl (C=O) groups is 1. The molecule has 7 heteroatoms. The molecule has 4 rings (SSSR count). The van der Waals surface area contributed by atoms with Crippen LogP contribution in [-0.2, 0) is 13.8 Å². The Labute approximate surface area is 335 Å². The first-order valence-electron chi connectivity index (χ1n) is 23.2. The maximum Gasteiger partial charge on any atom is 0.407 e. The third kappa shape index (κ3) is 12.4. The third-order valence-corrected chi connectivity index (χ3v) is 17.0. The molecule has 6 nitrogen and oxygen atoms in total. The van der Waals surface area contributed by atoms with Crippen LogP contribution in [0, 0.1) is 46.3 Å². The fourth-order valence-corrected chi connectivity index (χ4v) is 13.6. The van der Waals surface area contributed by atoms with Crippen LogP contribution in [0.15, 0.2) is 11.6 Å². The molecule has 0 aromatic rings. The zero-order chi connectivity index (χ0) is 39.3. The summed E-state index contributed by atoms with van der Waals surface area (Å²) >= 11 is 0. The second-order valence-corrected chi connectivity index (χ2v) is 21.4. The van der Waals surface area contributed by atoms with E-state index < -0.39 is 8.53 Å². The monoisotopic (exact) mass is 775 g/mol. The fraction of sp³-hybridized carbons (Fsp3) is 0.936. The first kappa shape index (κ1) is 46.0. The summed E-state index contributed by atoms with van der Waals surface area (Å²) < 4.78 is 20.2. The van der Waals surface area contributed by atoms with Crippen molar-refractivity contribution in [2.75, 3.05) is 20.3 Å². The van der Waals surface area contributed by atoms with Gasteiger partial charge in [0.15, 0.2) is 0 Å². The number of hydrogen-bond donors (Lipinski definition) is 1. The molecular weight excluding hydrogens is 688 g/mol. The molecule has 0 aromatic heterocycles. The van der Waals surface area contributed by atoms with E-state index in [0.717, 1.165) is 74.3 Å². The minimum Gasteiger partial charge on any atom is -0.446 e. The van der Waals surface area contributed by atoms with Gasteiger partial charge in [-0.1, -0.05) is 117 Å². The molecular formula is C47H87N2O4P. The average Bonchev–Trinajstić information content (AvgIpc) is 3.48. The van der Waals surface area contributed by atoms with Crippen molar-refractivity contribution in [3.63, 3.8) is 0 Å². The second kappa shape index (κ2) is 22.5. The van der Waals surface area contributed by atoms with Crippen LogP contribution in [0.5, 0.6) is 0 Å². The molecule has 4 aliphatic carbocycles. The summed E-state index contributed by atoms with van der Waals surface area (Å²) in [7, 11) is 0.807. The van der Waals surface area contributed by atoms with Crippen LogP contribution in [0.1, 0.15) is 197 Å². The molecule has 9 atom stereocenters. The number of nitrogens with one attached hydrogen (secondary N) is 1. The van der Waals surface area contributed by atoms with E-state index in [1.165, 1.54) is 109 Å². The summed E-state index contributed by atoms with van der Waals surface area (Å²) in [5, 5.41) is 3.08. The van der Waals surface area contributed by atoms with Crippen LogP contribution in [0.4, 0.5) is 4.79 Å². The van der Waals surface area contributed by atoms with E-state index in [2.05, 4.69) is 78.4 Å². The molecule has 1 unspecified atom stereocenters. The number of alkyl carbamates (subject to hydrolysis) is 1. The molecule has 0 heterocycles. The Bertz CT molecular complexity index is 1120. The molecule has 0 saturated heterocycles. The van der Waals surface area contributed by atoms with Crippen LogP contribution in [0.3, 0.4) is 0 Å². The predicted molar refractivity (Wildman–Crippen MR) is 229 cm³/mol. The first-order chi connectivity index (χ1) is 25.8. The Hall–Kier alpha value is -0.680. The molecule has 4 aliphatic rings. The smallest absolute Gasteiger partial charge is 0.407 e. The largest absolute Gasteiger partial charge is 0.446 e. The highest BCUT2D eigenvalue weighted by Gasteiger charge is 2.59. The van der Waals surface area contributed by atoms with Gasteiger partial charge in [0, 0.05) is 32.2 Å². The number of fused-ring (bicyclic) bond motifs is 5. The highest BCUT2D eigenvalue weighted by molar-refractivity contribution is 7.44. The summed E-state index contributed by atoms with van der Waals surface area (Å²) in [6, 6.07) is 0.839. The number of ether oxygens (including phenoxy) is 1. The predicted octanol–water partition coefficient (Wildman–Crippen LogP) is 14.0. The molecule has 54 heavy (non-hydrogen) atoms. The van der Waals surface area contributed by atoms with Crippen molar-refractivity contribution in [1.82, 2.24) is 9.99 Å². The lowest BCUT2D eigenvalue weighted by atomic mass is 9.47. The standard InChI is InChI=1S/C47H87N2O4P/c1-35(2)22-21-23-38(7)42-26-27-43-41-25-24-39-34-40(28-30-46(39,8)44(41)29-31-47(42,43)9)53-45(50)48-32-19-17-15-13-11-12-14-16-18-20-33-52-54(51-10)49(36(3)4)37(5)6/h24,35-38,40-44H,11-23,25-34H2,1-10H3,(H,48,50)/t38-,40+,41+,42-,43+,44+,46+,47-,54?/m1/s1. The Morgan fingerprint density at radius 3 is 2.09 bits per heavy atom. The number of nitrogens with zero attached hydrogens (tertiary/aromatic N) is 1. The summed E-state index contributed by atoms with van der Waals surface area (Å²) in [5.41, 5.74) is 2.45. The highest BCUT2D eigenvalue weighted by Crippen LogP contribution is 2.67. The van der Waals surface area contributed by atoms with Crippen LogP contribution in [-0.4, -0.2) is 49.2 Å². The van der Waals surface area contributed by atoms with E-state index in [0.29, 0.717) is 22.9 Å². The topological polar surface area (TPSA) is 60.0 Å². The molecule has 1 N–H and O–H groups in total. The van der Waals surface area contributed by atoms with Gasteiger partial charge in [-0.05, 0) is 132 Å². The fourth-order valence-electron chi connectivity index (χ4n) is 12.1. The lowest BCUT2D eigenvalue weighted by Gasteiger charge is -2.58. The SMILES string of the molecule is COP(OCCCCCCCCCCCCNC(=O)O[C@H]1CC[C@@]2(C)C(=CC[C@H]3[C@@H]4CC[C@H]([C@H](C)CCCC(C)C)[C@@]4(C)CC[C@@H]32)C1)N(C(C)C)C(C)C. The van der Waals surface area contributed by atoms with Gasteiger partial charge in [0.05, 0.1) is 6.61 Å². The van der Waals surface area contributed by atoms with Crippen LogP contribution < -0.4 is 5.32 Å². The number of hydrogen-bond acceptors (Lipinski definition) is 5. The number of rotatable bonds is 24. The van der Waals surface area contributed by atoms with Crippen molar-refractivity contribution in [2.24, 2.45) is 46.3 Å². The van der Waals surface area contributed by atoms with Crippen molar-refractivity contribution in [3.05, 3.63) is 11.6 Å². The zero-order valence-corrected chi connectivity index (χ0v) is 38.0. The Morgan fingerprint density at radius 2 is 1.46 bits per heavy atom. The summed E-state index contributed by atoms with van der Waals surface area (Å²) in [4.78, 5) is 12.8. The van der Waals surface area contributed by atoms with Crippen LogP contribution >= 0.6 is 8.53 Å². The maximum absolute atomic E-state index is 12.8. The zero-order valence-electron chi connectivity index (χ0n) is 37.1. The van der Waals surface area contributed by atoms with Gasteiger partial charge in [0.2, 0.25) is 0 Å². The summed E-state index contributed by atoms with van der Waals surface area (Å²) in [5.74, 6) is 5.16. The van der Waals surface area contributed by atoms with E-state index in [-0.39, 0.29) is 12.2 Å². The Morgan fingerprint density at radius 1 is 0.815 bits per heavy atom. The normalized spacial score (nSPS) is 30.6.